The molecule has 0 aromatic carbocycles. The summed E-state index contributed by atoms with van der Waals surface area (Å²) in [6.45, 7) is 8.72. The van der Waals surface area contributed by atoms with E-state index in [0.29, 0.717) is 30.8 Å². The van der Waals surface area contributed by atoms with Crippen molar-refractivity contribution < 1.29 is 9.21 Å². The third-order valence-corrected chi connectivity index (χ3v) is 4.30. The normalized spacial score (nSPS) is 18.4. The Hall–Kier alpha value is -1.47. The third kappa shape index (κ3) is 4.78. The molecule has 0 spiro atoms. The molecule has 1 saturated heterocycles. The van der Waals surface area contributed by atoms with Gasteiger partial charge in [-0.15, -0.1) is 10.2 Å². The molecule has 2 heterocycles. The van der Waals surface area contributed by atoms with Crippen molar-refractivity contribution in [3.05, 3.63) is 11.8 Å². The van der Waals surface area contributed by atoms with Crippen molar-refractivity contribution in [2.45, 2.75) is 39.3 Å². The highest BCUT2D eigenvalue weighted by molar-refractivity contribution is 5.75. The molecule has 0 bridgehead atoms. The molecular formula is C15H27N5O2. The summed E-state index contributed by atoms with van der Waals surface area (Å²) in [5, 5.41) is 7.70. The molecule has 1 fully saturated rings. The lowest BCUT2D eigenvalue weighted by atomic mass is 10.1. The monoisotopic (exact) mass is 309 g/mol. The van der Waals surface area contributed by atoms with Gasteiger partial charge in [-0.25, -0.2) is 0 Å². The maximum absolute atomic E-state index is 12.2. The van der Waals surface area contributed by atoms with Gasteiger partial charge in [-0.05, 0) is 20.4 Å². The average Bonchev–Trinajstić information content (AvgIpc) is 2.90. The molecule has 7 nitrogen and oxygen atoms in total. The van der Waals surface area contributed by atoms with Crippen LogP contribution in [0.5, 0.6) is 0 Å². The molecule has 22 heavy (non-hydrogen) atoms. The Labute approximate surface area is 132 Å². The van der Waals surface area contributed by atoms with Crippen LogP contribution in [-0.2, 0) is 11.3 Å². The van der Waals surface area contributed by atoms with E-state index in [-0.39, 0.29) is 5.91 Å². The second-order valence-corrected chi connectivity index (χ2v) is 6.19. The SMILES string of the molecule is Cc1nnc(CN(C)C(=O)CCC(C)N2CCN(C)CC2)o1. The summed E-state index contributed by atoms with van der Waals surface area (Å²) in [5.41, 5.74) is 0. The van der Waals surface area contributed by atoms with Gasteiger partial charge >= 0.3 is 0 Å². The zero-order chi connectivity index (χ0) is 16.1. The van der Waals surface area contributed by atoms with Gasteiger partial charge < -0.3 is 14.2 Å². The number of aryl methyl sites for hydroxylation is 1. The van der Waals surface area contributed by atoms with Crippen molar-refractivity contribution in [3.63, 3.8) is 0 Å². The van der Waals surface area contributed by atoms with E-state index in [0.717, 1.165) is 32.6 Å². The lowest BCUT2D eigenvalue weighted by molar-refractivity contribution is -0.131. The van der Waals surface area contributed by atoms with E-state index < -0.39 is 0 Å². The number of nitrogens with zero attached hydrogens (tertiary/aromatic N) is 5. The van der Waals surface area contributed by atoms with Gasteiger partial charge in [-0.3, -0.25) is 9.69 Å². The van der Waals surface area contributed by atoms with Crippen LogP contribution in [0.25, 0.3) is 0 Å². The number of hydrogen-bond acceptors (Lipinski definition) is 6. The fraction of sp³-hybridized carbons (Fsp3) is 0.800. The van der Waals surface area contributed by atoms with Gasteiger partial charge in [0, 0.05) is 52.6 Å². The predicted octanol–water partition coefficient (Wildman–Crippen LogP) is 0.753. The number of piperazine rings is 1. The molecule has 7 heteroatoms. The van der Waals surface area contributed by atoms with Gasteiger partial charge in [0.25, 0.3) is 0 Å². The van der Waals surface area contributed by atoms with E-state index in [1.807, 2.05) is 0 Å². The van der Waals surface area contributed by atoms with Crippen molar-refractivity contribution in [2.24, 2.45) is 0 Å². The van der Waals surface area contributed by atoms with E-state index in [9.17, 15) is 4.79 Å². The summed E-state index contributed by atoms with van der Waals surface area (Å²) in [7, 11) is 3.93. The first-order valence-electron chi connectivity index (χ1n) is 7.91. The first kappa shape index (κ1) is 16.9. The Morgan fingerprint density at radius 3 is 2.59 bits per heavy atom. The second-order valence-electron chi connectivity index (χ2n) is 6.19. The van der Waals surface area contributed by atoms with Crippen LogP contribution in [0.3, 0.4) is 0 Å². The second kappa shape index (κ2) is 7.69. The minimum Gasteiger partial charge on any atom is -0.424 e. The molecule has 0 aliphatic carbocycles. The van der Waals surface area contributed by atoms with Gasteiger partial charge in [-0.1, -0.05) is 0 Å². The molecule has 1 aromatic rings. The molecule has 1 aliphatic rings. The predicted molar refractivity (Wildman–Crippen MR) is 83.3 cm³/mol. The molecular weight excluding hydrogens is 282 g/mol. The fourth-order valence-corrected chi connectivity index (χ4v) is 2.66. The molecule has 124 valence electrons. The van der Waals surface area contributed by atoms with Gasteiger partial charge in [0.1, 0.15) is 0 Å². The maximum Gasteiger partial charge on any atom is 0.235 e. The quantitative estimate of drug-likeness (QED) is 0.773. The molecule has 1 aromatic heterocycles. The Kier molecular flexibility index (Phi) is 5.90. The minimum absolute atomic E-state index is 0.122. The largest absolute Gasteiger partial charge is 0.424 e. The Morgan fingerprint density at radius 1 is 1.32 bits per heavy atom. The molecule has 0 saturated carbocycles. The first-order valence-corrected chi connectivity index (χ1v) is 7.91. The van der Waals surface area contributed by atoms with Crippen molar-refractivity contribution in [1.29, 1.82) is 0 Å². The number of carbonyl (C=O) groups is 1. The van der Waals surface area contributed by atoms with Crippen LogP contribution in [0.15, 0.2) is 4.42 Å². The van der Waals surface area contributed by atoms with E-state index in [2.05, 4.69) is 34.0 Å². The number of aromatic nitrogens is 2. The molecule has 2 rings (SSSR count). The van der Waals surface area contributed by atoms with E-state index in [1.165, 1.54) is 0 Å². The molecule has 0 N–H and O–H groups in total. The van der Waals surface area contributed by atoms with Crippen LogP contribution in [0, 0.1) is 6.92 Å². The molecule has 1 atom stereocenters. The highest BCUT2D eigenvalue weighted by Gasteiger charge is 2.20. The molecule has 1 aliphatic heterocycles. The first-order chi connectivity index (χ1) is 10.5. The lowest BCUT2D eigenvalue weighted by Crippen LogP contribution is -2.48. The summed E-state index contributed by atoms with van der Waals surface area (Å²) >= 11 is 0. The average molecular weight is 309 g/mol. The summed E-state index contributed by atoms with van der Waals surface area (Å²) < 4.78 is 5.31. The summed E-state index contributed by atoms with van der Waals surface area (Å²) in [6, 6.07) is 0.441. The number of rotatable bonds is 6. The van der Waals surface area contributed by atoms with Crippen molar-refractivity contribution >= 4 is 5.91 Å². The Balaban J connectivity index is 1.72. The van der Waals surface area contributed by atoms with Crippen molar-refractivity contribution in [2.75, 3.05) is 40.3 Å². The van der Waals surface area contributed by atoms with Gasteiger partial charge in [0.05, 0.1) is 6.54 Å². The number of carbonyl (C=O) groups excluding carboxylic acids is 1. The summed E-state index contributed by atoms with van der Waals surface area (Å²) in [5.74, 6) is 1.14. The Morgan fingerprint density at radius 2 is 2.00 bits per heavy atom. The van der Waals surface area contributed by atoms with Crippen molar-refractivity contribution in [3.8, 4) is 0 Å². The molecule has 1 amide bonds. The number of hydrogen-bond donors (Lipinski definition) is 0. The Bertz CT molecular complexity index is 482. The molecule has 1 unspecified atom stereocenters. The van der Waals surface area contributed by atoms with Crippen molar-refractivity contribution in [1.82, 2.24) is 24.9 Å². The summed E-state index contributed by atoms with van der Waals surface area (Å²) in [4.78, 5) is 18.7. The zero-order valence-electron chi connectivity index (χ0n) is 14.1. The van der Waals surface area contributed by atoms with Gasteiger partial charge in [-0.2, -0.15) is 0 Å². The van der Waals surface area contributed by atoms with Crippen LogP contribution in [0.2, 0.25) is 0 Å². The lowest BCUT2D eigenvalue weighted by Gasteiger charge is -2.36. The van der Waals surface area contributed by atoms with Crippen LogP contribution in [-0.4, -0.2) is 77.1 Å². The smallest absolute Gasteiger partial charge is 0.235 e. The zero-order valence-corrected chi connectivity index (χ0v) is 14.1. The van der Waals surface area contributed by atoms with E-state index >= 15 is 0 Å². The third-order valence-electron chi connectivity index (χ3n) is 4.30. The van der Waals surface area contributed by atoms with Gasteiger partial charge in [0.2, 0.25) is 17.7 Å². The van der Waals surface area contributed by atoms with Crippen LogP contribution in [0.4, 0.5) is 0 Å². The van der Waals surface area contributed by atoms with E-state index in [4.69, 9.17) is 4.42 Å². The summed E-state index contributed by atoms with van der Waals surface area (Å²) in [6.07, 6.45) is 1.44. The highest BCUT2D eigenvalue weighted by atomic mass is 16.4. The van der Waals surface area contributed by atoms with Crippen LogP contribution >= 0.6 is 0 Å². The molecule has 0 radical (unpaired) electrons. The highest BCUT2D eigenvalue weighted by Crippen LogP contribution is 2.11. The topological polar surface area (TPSA) is 65.7 Å². The van der Waals surface area contributed by atoms with Gasteiger partial charge in [0.15, 0.2) is 0 Å². The minimum atomic E-state index is 0.122. The maximum atomic E-state index is 12.2. The van der Waals surface area contributed by atoms with E-state index in [1.54, 1.807) is 18.9 Å². The van der Waals surface area contributed by atoms with Crippen LogP contribution < -0.4 is 0 Å². The number of likely N-dealkylation sites (N-methyl/N-ethyl adjacent to an activating group) is 1. The van der Waals surface area contributed by atoms with Crippen LogP contribution in [0.1, 0.15) is 31.5 Å². The standard InChI is InChI=1S/C15H27N5O2/c1-12(20-9-7-18(3)8-10-20)5-6-15(21)19(4)11-14-17-16-13(2)22-14/h12H,5-11H2,1-4H3. The fourth-order valence-electron chi connectivity index (χ4n) is 2.66. The number of amides is 1.